The van der Waals surface area contributed by atoms with Crippen LogP contribution < -0.4 is 5.73 Å². The van der Waals surface area contributed by atoms with E-state index < -0.39 is 11.0 Å². The minimum atomic E-state index is -0.542. The number of hydrogen-bond donors (Lipinski definition) is 1. The van der Waals surface area contributed by atoms with Crippen molar-refractivity contribution in [2.75, 3.05) is 0 Å². The first kappa shape index (κ1) is 13.5. The van der Waals surface area contributed by atoms with Gasteiger partial charge in [0, 0.05) is 24.7 Å². The molecule has 102 valence electrons. The van der Waals surface area contributed by atoms with Crippen LogP contribution in [0.4, 0.5) is 5.69 Å². The molecule has 19 heavy (non-hydrogen) atoms. The number of carbonyl (C=O) groups excluding carboxylic acids is 1. The van der Waals surface area contributed by atoms with Crippen molar-refractivity contribution in [3.63, 3.8) is 0 Å². The Kier molecular flexibility index (Phi) is 3.80. The zero-order chi connectivity index (χ0) is 14.0. The molecule has 0 bridgehead atoms. The lowest BCUT2D eigenvalue weighted by atomic mass is 10.1. The average molecular weight is 263 g/mol. The van der Waals surface area contributed by atoms with Crippen molar-refractivity contribution in [3.05, 3.63) is 39.9 Å². The van der Waals surface area contributed by atoms with Crippen molar-refractivity contribution in [2.24, 2.45) is 5.73 Å². The first-order chi connectivity index (χ1) is 8.99. The maximum absolute atomic E-state index is 12.0. The van der Waals surface area contributed by atoms with E-state index in [2.05, 4.69) is 0 Å². The van der Waals surface area contributed by atoms with Crippen molar-refractivity contribution in [3.8, 4) is 0 Å². The van der Waals surface area contributed by atoms with E-state index in [0.717, 1.165) is 18.4 Å². The van der Waals surface area contributed by atoms with Gasteiger partial charge >= 0.3 is 0 Å². The topological polar surface area (TPSA) is 89.5 Å². The maximum Gasteiger partial charge on any atom is 0.269 e. The van der Waals surface area contributed by atoms with Crippen LogP contribution in [0.15, 0.2) is 24.3 Å². The van der Waals surface area contributed by atoms with Crippen molar-refractivity contribution in [1.82, 2.24) is 4.90 Å². The standard InChI is InChI=1S/C13H17N3O3/c1-9(14)13(17)15(11-5-6-11)8-10-3-2-4-12(7-10)16(18)19/h2-4,7,9,11H,5-6,8,14H2,1H3/t9-/m0/s1. The highest BCUT2D eigenvalue weighted by Crippen LogP contribution is 2.29. The second-order valence-corrected chi connectivity index (χ2v) is 4.91. The Morgan fingerprint density at radius 2 is 2.26 bits per heavy atom. The summed E-state index contributed by atoms with van der Waals surface area (Å²) in [4.78, 5) is 24.0. The second kappa shape index (κ2) is 5.36. The Hall–Kier alpha value is -1.95. The summed E-state index contributed by atoms with van der Waals surface area (Å²) in [6, 6.07) is 6.06. The van der Waals surface area contributed by atoms with E-state index in [1.807, 2.05) is 0 Å². The molecule has 1 aliphatic carbocycles. The largest absolute Gasteiger partial charge is 0.334 e. The molecule has 1 aromatic rings. The van der Waals surface area contributed by atoms with Gasteiger partial charge in [-0.15, -0.1) is 0 Å². The Bertz CT molecular complexity index is 498. The van der Waals surface area contributed by atoms with E-state index in [0.29, 0.717) is 6.54 Å². The predicted molar refractivity (Wildman–Crippen MR) is 70.3 cm³/mol. The number of rotatable bonds is 5. The number of nitrogens with two attached hydrogens (primary N) is 1. The van der Waals surface area contributed by atoms with Gasteiger partial charge in [0.15, 0.2) is 0 Å². The quantitative estimate of drug-likeness (QED) is 0.642. The zero-order valence-corrected chi connectivity index (χ0v) is 10.8. The fourth-order valence-corrected chi connectivity index (χ4v) is 2.00. The molecule has 1 saturated carbocycles. The van der Waals surface area contributed by atoms with Gasteiger partial charge in [-0.2, -0.15) is 0 Å². The van der Waals surface area contributed by atoms with Crippen LogP contribution >= 0.6 is 0 Å². The SMILES string of the molecule is C[C@H](N)C(=O)N(Cc1cccc([N+](=O)[O-])c1)C1CC1. The van der Waals surface area contributed by atoms with Gasteiger partial charge in [0.05, 0.1) is 11.0 Å². The summed E-state index contributed by atoms with van der Waals surface area (Å²) >= 11 is 0. The number of amides is 1. The first-order valence-electron chi connectivity index (χ1n) is 6.28. The van der Waals surface area contributed by atoms with Crippen molar-refractivity contribution >= 4 is 11.6 Å². The van der Waals surface area contributed by atoms with E-state index in [1.165, 1.54) is 12.1 Å². The Labute approximate surface area is 111 Å². The lowest BCUT2D eigenvalue weighted by molar-refractivity contribution is -0.384. The summed E-state index contributed by atoms with van der Waals surface area (Å²) in [6.45, 7) is 2.04. The average Bonchev–Trinajstić information content (AvgIpc) is 3.19. The molecule has 0 unspecified atom stereocenters. The molecule has 2 N–H and O–H groups in total. The van der Waals surface area contributed by atoms with Crippen molar-refractivity contribution < 1.29 is 9.72 Å². The Morgan fingerprint density at radius 3 is 2.79 bits per heavy atom. The van der Waals surface area contributed by atoms with Gasteiger partial charge < -0.3 is 10.6 Å². The van der Waals surface area contributed by atoms with Gasteiger partial charge in [-0.3, -0.25) is 14.9 Å². The lowest BCUT2D eigenvalue weighted by Crippen LogP contribution is -2.42. The smallest absolute Gasteiger partial charge is 0.269 e. The van der Waals surface area contributed by atoms with Crippen LogP contribution in [0.2, 0.25) is 0 Å². The van der Waals surface area contributed by atoms with Gasteiger partial charge in [0.25, 0.3) is 5.69 Å². The maximum atomic E-state index is 12.0. The second-order valence-electron chi connectivity index (χ2n) is 4.91. The molecule has 0 aromatic heterocycles. The number of carbonyl (C=O) groups is 1. The molecule has 2 rings (SSSR count). The third kappa shape index (κ3) is 3.29. The van der Waals surface area contributed by atoms with Gasteiger partial charge in [0.2, 0.25) is 5.91 Å². The minimum absolute atomic E-state index is 0.0430. The highest BCUT2D eigenvalue weighted by molar-refractivity contribution is 5.81. The third-order valence-electron chi connectivity index (χ3n) is 3.13. The third-order valence-corrected chi connectivity index (χ3v) is 3.13. The van der Waals surface area contributed by atoms with Crippen LogP contribution in [-0.4, -0.2) is 27.8 Å². The summed E-state index contributed by atoms with van der Waals surface area (Å²) in [5.41, 5.74) is 6.44. The van der Waals surface area contributed by atoms with Crippen LogP contribution in [0.3, 0.4) is 0 Å². The van der Waals surface area contributed by atoms with Crippen molar-refractivity contribution in [1.29, 1.82) is 0 Å². The molecule has 0 radical (unpaired) electrons. The Balaban J connectivity index is 2.15. The molecule has 0 spiro atoms. The fourth-order valence-electron chi connectivity index (χ4n) is 2.00. The summed E-state index contributed by atoms with van der Waals surface area (Å²) < 4.78 is 0. The lowest BCUT2D eigenvalue weighted by Gasteiger charge is -2.24. The summed E-state index contributed by atoms with van der Waals surface area (Å²) in [6.07, 6.45) is 1.96. The van der Waals surface area contributed by atoms with Gasteiger partial charge in [-0.1, -0.05) is 12.1 Å². The molecule has 0 saturated heterocycles. The minimum Gasteiger partial charge on any atom is -0.334 e. The molecular weight excluding hydrogens is 246 g/mol. The van der Waals surface area contributed by atoms with Crippen LogP contribution in [0.5, 0.6) is 0 Å². The highest BCUT2D eigenvalue weighted by atomic mass is 16.6. The number of benzene rings is 1. The monoisotopic (exact) mass is 263 g/mol. The van der Waals surface area contributed by atoms with Gasteiger partial charge in [-0.05, 0) is 25.3 Å². The highest BCUT2D eigenvalue weighted by Gasteiger charge is 2.33. The molecule has 1 amide bonds. The normalized spacial score (nSPS) is 15.9. The fraction of sp³-hybridized carbons (Fsp3) is 0.462. The van der Waals surface area contributed by atoms with E-state index in [1.54, 1.807) is 24.0 Å². The number of hydrogen-bond acceptors (Lipinski definition) is 4. The molecule has 6 heteroatoms. The summed E-state index contributed by atoms with van der Waals surface area (Å²) in [7, 11) is 0. The molecule has 6 nitrogen and oxygen atoms in total. The predicted octanol–water partition coefficient (Wildman–Crippen LogP) is 1.43. The zero-order valence-electron chi connectivity index (χ0n) is 10.8. The molecule has 1 atom stereocenters. The van der Waals surface area contributed by atoms with E-state index in [4.69, 9.17) is 5.73 Å². The van der Waals surface area contributed by atoms with Crippen LogP contribution in [0, 0.1) is 10.1 Å². The van der Waals surface area contributed by atoms with E-state index >= 15 is 0 Å². The number of nitro groups is 1. The Morgan fingerprint density at radius 1 is 1.58 bits per heavy atom. The van der Waals surface area contributed by atoms with Crippen LogP contribution in [0.25, 0.3) is 0 Å². The molecule has 1 aromatic carbocycles. The molecule has 1 fully saturated rings. The van der Waals surface area contributed by atoms with E-state index in [-0.39, 0.29) is 17.6 Å². The van der Waals surface area contributed by atoms with Gasteiger partial charge in [-0.25, -0.2) is 0 Å². The number of non-ortho nitro benzene ring substituents is 1. The number of nitrogens with zero attached hydrogens (tertiary/aromatic N) is 2. The summed E-state index contributed by atoms with van der Waals surface area (Å²) in [5, 5.41) is 10.7. The molecule has 1 aliphatic rings. The van der Waals surface area contributed by atoms with Gasteiger partial charge in [0.1, 0.15) is 0 Å². The number of nitro benzene ring substituents is 1. The summed E-state index contributed by atoms with van der Waals surface area (Å²) in [5.74, 6) is -0.103. The molecule has 0 aliphatic heterocycles. The van der Waals surface area contributed by atoms with Crippen molar-refractivity contribution in [2.45, 2.75) is 38.4 Å². The van der Waals surface area contributed by atoms with E-state index in [9.17, 15) is 14.9 Å². The van der Waals surface area contributed by atoms with Crippen LogP contribution in [0.1, 0.15) is 25.3 Å². The molecular formula is C13H17N3O3. The first-order valence-corrected chi connectivity index (χ1v) is 6.28. The molecule has 0 heterocycles. The van der Waals surface area contributed by atoms with Crippen LogP contribution in [-0.2, 0) is 11.3 Å².